The molecular formula is C18H19Cl2NO4. The normalized spacial score (nSPS) is 17.2. The Bertz CT molecular complexity index is 755. The lowest BCUT2D eigenvalue weighted by Gasteiger charge is -2.31. The lowest BCUT2D eigenvalue weighted by Crippen LogP contribution is -2.33. The molecule has 5 nitrogen and oxygen atoms in total. The van der Waals surface area contributed by atoms with Gasteiger partial charge in [0, 0.05) is 16.4 Å². The maximum atomic E-state index is 12.6. The molecule has 134 valence electrons. The fourth-order valence-electron chi connectivity index (χ4n) is 2.85. The Balaban J connectivity index is 2.73. The zero-order chi connectivity index (χ0) is 18.6. The van der Waals surface area contributed by atoms with Crippen LogP contribution in [-0.2, 0) is 19.1 Å². The minimum absolute atomic E-state index is 0.0564. The number of benzene rings is 1. The van der Waals surface area contributed by atoms with E-state index in [1.165, 1.54) is 7.11 Å². The van der Waals surface area contributed by atoms with Gasteiger partial charge >= 0.3 is 11.9 Å². The van der Waals surface area contributed by atoms with Crippen molar-refractivity contribution in [1.29, 1.82) is 0 Å². The van der Waals surface area contributed by atoms with Crippen molar-refractivity contribution in [2.45, 2.75) is 19.8 Å². The molecule has 0 aromatic heterocycles. The smallest absolute Gasteiger partial charge is 0.336 e. The third-order valence-electron chi connectivity index (χ3n) is 3.90. The van der Waals surface area contributed by atoms with Gasteiger partial charge in [-0.2, -0.15) is 0 Å². The molecule has 0 radical (unpaired) electrons. The highest BCUT2D eigenvalue weighted by atomic mass is 35.5. The Labute approximate surface area is 156 Å². The van der Waals surface area contributed by atoms with E-state index in [0.29, 0.717) is 27.6 Å². The number of carbonyl (C=O) groups excluding carboxylic acids is 2. The summed E-state index contributed by atoms with van der Waals surface area (Å²) >= 11 is 12.4. The van der Waals surface area contributed by atoms with Gasteiger partial charge in [-0.05, 0) is 25.5 Å². The zero-order valence-electron chi connectivity index (χ0n) is 14.2. The number of nitrogens with one attached hydrogen (secondary N) is 1. The van der Waals surface area contributed by atoms with Crippen LogP contribution in [0.15, 0.2) is 46.8 Å². The Morgan fingerprint density at radius 1 is 1.20 bits per heavy atom. The molecule has 0 bridgehead atoms. The van der Waals surface area contributed by atoms with Gasteiger partial charge in [0.15, 0.2) is 0 Å². The summed E-state index contributed by atoms with van der Waals surface area (Å²) in [6.07, 6.45) is 0. The average molecular weight is 384 g/mol. The summed E-state index contributed by atoms with van der Waals surface area (Å²) in [6, 6.07) is 7.03. The average Bonchev–Trinajstić information content (AvgIpc) is 2.60. The van der Waals surface area contributed by atoms with E-state index in [4.69, 9.17) is 32.7 Å². The van der Waals surface area contributed by atoms with Gasteiger partial charge < -0.3 is 14.8 Å². The summed E-state index contributed by atoms with van der Waals surface area (Å²) in [6.45, 7) is 3.63. The maximum Gasteiger partial charge on any atom is 0.336 e. The summed E-state index contributed by atoms with van der Waals surface area (Å²) in [5.41, 5.74) is 2.20. The first-order chi connectivity index (χ1) is 12.0. The molecule has 0 spiro atoms. The molecule has 0 aliphatic carbocycles. The number of hydrogen-bond acceptors (Lipinski definition) is 5. The number of dihydropyridines is 1. The van der Waals surface area contributed by atoms with E-state index in [1.54, 1.807) is 38.1 Å². The largest absolute Gasteiger partial charge is 0.466 e. The lowest BCUT2D eigenvalue weighted by atomic mass is 9.80. The van der Waals surface area contributed by atoms with E-state index >= 15 is 0 Å². The SMILES string of the molecule is CCOC(=O)C1=C(CCl)NC(C)=C(C(=O)OC)C1c1ccccc1Cl. The number of esters is 2. The highest BCUT2D eigenvalue weighted by molar-refractivity contribution is 6.31. The quantitative estimate of drug-likeness (QED) is 0.622. The molecular weight excluding hydrogens is 365 g/mol. The molecule has 1 aromatic carbocycles. The monoisotopic (exact) mass is 383 g/mol. The van der Waals surface area contributed by atoms with Crippen LogP contribution in [-0.4, -0.2) is 31.5 Å². The van der Waals surface area contributed by atoms with Crippen LogP contribution in [0.4, 0.5) is 0 Å². The van der Waals surface area contributed by atoms with E-state index in [-0.39, 0.29) is 18.1 Å². The highest BCUT2D eigenvalue weighted by Crippen LogP contribution is 2.41. The van der Waals surface area contributed by atoms with E-state index in [2.05, 4.69) is 5.32 Å². The molecule has 2 rings (SSSR count). The molecule has 7 heteroatoms. The standard InChI is InChI=1S/C18H19Cl2NO4/c1-4-25-18(23)16-13(9-19)21-10(2)14(17(22)24-3)15(16)11-7-5-6-8-12(11)20/h5-8,15,21H,4,9H2,1-3H3. The summed E-state index contributed by atoms with van der Waals surface area (Å²) in [5.74, 6) is -1.77. The number of halogens is 2. The van der Waals surface area contributed by atoms with Crippen molar-refractivity contribution in [3.63, 3.8) is 0 Å². The van der Waals surface area contributed by atoms with Crippen LogP contribution in [0.5, 0.6) is 0 Å². The van der Waals surface area contributed by atoms with Crippen LogP contribution in [0, 0.1) is 0 Å². The first-order valence-corrected chi connectivity index (χ1v) is 8.64. The molecule has 25 heavy (non-hydrogen) atoms. The van der Waals surface area contributed by atoms with Gasteiger partial charge in [-0.1, -0.05) is 29.8 Å². The van der Waals surface area contributed by atoms with Gasteiger partial charge in [-0.15, -0.1) is 11.6 Å². The number of hydrogen-bond donors (Lipinski definition) is 1. The van der Waals surface area contributed by atoms with Crippen LogP contribution in [0.3, 0.4) is 0 Å². The molecule has 1 heterocycles. The number of alkyl halides is 1. The lowest BCUT2D eigenvalue weighted by molar-refractivity contribution is -0.139. The second-order valence-corrected chi connectivity index (χ2v) is 6.03. The molecule has 1 aliphatic rings. The fraction of sp³-hybridized carbons (Fsp3) is 0.333. The predicted molar refractivity (Wildman–Crippen MR) is 96.4 cm³/mol. The minimum Gasteiger partial charge on any atom is -0.466 e. The third kappa shape index (κ3) is 3.83. The number of methoxy groups -OCH3 is 1. The van der Waals surface area contributed by atoms with Crippen LogP contribution in [0.2, 0.25) is 5.02 Å². The van der Waals surface area contributed by atoms with Crippen LogP contribution < -0.4 is 5.32 Å². The Morgan fingerprint density at radius 2 is 1.88 bits per heavy atom. The van der Waals surface area contributed by atoms with Gasteiger partial charge in [-0.25, -0.2) is 9.59 Å². The highest BCUT2D eigenvalue weighted by Gasteiger charge is 2.39. The molecule has 0 saturated carbocycles. The van der Waals surface area contributed by atoms with E-state index in [1.807, 2.05) is 0 Å². The number of ether oxygens (including phenoxy) is 2. The number of rotatable bonds is 5. The molecule has 1 atom stereocenters. The first-order valence-electron chi connectivity index (χ1n) is 7.72. The second-order valence-electron chi connectivity index (χ2n) is 5.36. The maximum absolute atomic E-state index is 12.6. The minimum atomic E-state index is -0.727. The van der Waals surface area contributed by atoms with Crippen molar-refractivity contribution in [3.05, 3.63) is 57.4 Å². The Morgan fingerprint density at radius 3 is 2.44 bits per heavy atom. The van der Waals surface area contributed by atoms with Crippen molar-refractivity contribution in [3.8, 4) is 0 Å². The van der Waals surface area contributed by atoms with E-state index in [0.717, 1.165) is 0 Å². The number of allylic oxidation sites excluding steroid dienone is 2. The first kappa shape index (κ1) is 19.3. The Hall–Kier alpha value is -1.98. The molecule has 1 N–H and O–H groups in total. The second kappa shape index (κ2) is 8.41. The van der Waals surface area contributed by atoms with Crippen molar-refractivity contribution in [1.82, 2.24) is 5.32 Å². The number of carbonyl (C=O) groups is 2. The fourth-order valence-corrected chi connectivity index (χ4v) is 3.31. The van der Waals surface area contributed by atoms with Crippen LogP contribution >= 0.6 is 23.2 Å². The van der Waals surface area contributed by atoms with Crippen molar-refractivity contribution in [2.75, 3.05) is 19.6 Å². The molecule has 0 amide bonds. The van der Waals surface area contributed by atoms with Crippen molar-refractivity contribution in [2.24, 2.45) is 0 Å². The molecule has 1 aliphatic heterocycles. The molecule has 0 saturated heterocycles. The van der Waals surface area contributed by atoms with Crippen LogP contribution in [0.1, 0.15) is 25.3 Å². The summed E-state index contributed by atoms with van der Waals surface area (Å²) in [7, 11) is 1.29. The van der Waals surface area contributed by atoms with E-state index < -0.39 is 17.9 Å². The van der Waals surface area contributed by atoms with Crippen LogP contribution in [0.25, 0.3) is 0 Å². The molecule has 1 unspecified atom stereocenters. The summed E-state index contributed by atoms with van der Waals surface area (Å²) in [4.78, 5) is 25.1. The molecule has 0 fully saturated rings. The van der Waals surface area contributed by atoms with Gasteiger partial charge in [0.25, 0.3) is 0 Å². The van der Waals surface area contributed by atoms with Gasteiger partial charge in [0.1, 0.15) is 0 Å². The van der Waals surface area contributed by atoms with Gasteiger partial charge in [0.05, 0.1) is 36.7 Å². The van der Waals surface area contributed by atoms with E-state index in [9.17, 15) is 9.59 Å². The van der Waals surface area contributed by atoms with Crippen molar-refractivity contribution < 1.29 is 19.1 Å². The third-order valence-corrected chi connectivity index (χ3v) is 4.51. The topological polar surface area (TPSA) is 64.6 Å². The zero-order valence-corrected chi connectivity index (χ0v) is 15.7. The summed E-state index contributed by atoms with van der Waals surface area (Å²) < 4.78 is 10.1. The van der Waals surface area contributed by atoms with Crippen molar-refractivity contribution >= 4 is 35.1 Å². The van der Waals surface area contributed by atoms with Gasteiger partial charge in [0.2, 0.25) is 0 Å². The summed E-state index contributed by atoms with van der Waals surface area (Å²) in [5, 5.41) is 3.45. The van der Waals surface area contributed by atoms with Gasteiger partial charge in [-0.3, -0.25) is 0 Å². The molecule has 1 aromatic rings. The Kier molecular flexibility index (Phi) is 6.51. The predicted octanol–water partition coefficient (Wildman–Crippen LogP) is 3.53.